The van der Waals surface area contributed by atoms with Crippen LogP contribution in [0, 0.1) is 12.8 Å². The lowest BCUT2D eigenvalue weighted by Crippen LogP contribution is -2.41. The van der Waals surface area contributed by atoms with E-state index in [0.717, 1.165) is 6.07 Å². The Morgan fingerprint density at radius 1 is 1.36 bits per heavy atom. The number of hydrogen-bond acceptors (Lipinski definition) is 2. The van der Waals surface area contributed by atoms with Crippen molar-refractivity contribution in [3.63, 3.8) is 0 Å². The van der Waals surface area contributed by atoms with Gasteiger partial charge in [0.2, 0.25) is 0 Å². The van der Waals surface area contributed by atoms with E-state index in [1.807, 2.05) is 0 Å². The number of likely N-dealkylation sites (tertiary alicyclic amines) is 1. The summed E-state index contributed by atoms with van der Waals surface area (Å²) in [7, 11) is 0. The number of nitrogens with one attached hydrogen (secondary N) is 1. The predicted octanol–water partition coefficient (Wildman–Crippen LogP) is 3.25. The van der Waals surface area contributed by atoms with Crippen LogP contribution in [0.5, 0.6) is 0 Å². The Balaban J connectivity index is 2.03. The van der Waals surface area contributed by atoms with Gasteiger partial charge in [-0.2, -0.15) is 13.2 Å². The lowest BCUT2D eigenvalue weighted by Gasteiger charge is -2.31. The summed E-state index contributed by atoms with van der Waals surface area (Å²) >= 11 is 0. The topological polar surface area (TPSA) is 52.6 Å². The van der Waals surface area contributed by atoms with Crippen LogP contribution in [-0.4, -0.2) is 35.7 Å². The molecule has 0 radical (unpaired) electrons. The van der Waals surface area contributed by atoms with Gasteiger partial charge in [-0.15, -0.1) is 0 Å². The van der Waals surface area contributed by atoms with Gasteiger partial charge in [-0.25, -0.2) is 4.79 Å². The molecule has 7 heteroatoms. The van der Waals surface area contributed by atoms with Crippen LogP contribution in [0.15, 0.2) is 18.2 Å². The van der Waals surface area contributed by atoms with Gasteiger partial charge in [-0.05, 0) is 43.4 Å². The number of hydrogen-bond donors (Lipinski definition) is 2. The minimum atomic E-state index is -4.44. The molecule has 1 aromatic carbocycles. The number of urea groups is 1. The maximum atomic E-state index is 12.9. The molecule has 0 unspecified atom stereocenters. The van der Waals surface area contributed by atoms with E-state index in [9.17, 15) is 18.0 Å². The van der Waals surface area contributed by atoms with Crippen LogP contribution < -0.4 is 5.32 Å². The number of aliphatic hydroxyl groups is 1. The highest BCUT2D eigenvalue weighted by atomic mass is 19.4. The smallest absolute Gasteiger partial charge is 0.396 e. The quantitative estimate of drug-likeness (QED) is 0.880. The first kappa shape index (κ1) is 16.6. The van der Waals surface area contributed by atoms with E-state index >= 15 is 0 Å². The molecule has 1 heterocycles. The van der Waals surface area contributed by atoms with E-state index in [-0.39, 0.29) is 23.8 Å². The number of carbonyl (C=O) groups excluding carboxylic acids is 1. The standard InChI is InChI=1S/C15H19F3N2O2/c1-10-2-3-12(8-13(10)15(16,17)18)19-14(22)20-6-4-11(9-21)5-7-20/h2-3,8,11,21H,4-7,9H2,1H3,(H,19,22). The van der Waals surface area contributed by atoms with Crippen molar-refractivity contribution in [2.45, 2.75) is 25.9 Å². The van der Waals surface area contributed by atoms with Crippen LogP contribution in [0.25, 0.3) is 0 Å². The van der Waals surface area contributed by atoms with E-state index in [1.54, 1.807) is 4.90 Å². The first-order valence-corrected chi connectivity index (χ1v) is 7.16. The van der Waals surface area contributed by atoms with Gasteiger partial charge in [-0.1, -0.05) is 6.07 Å². The number of piperidine rings is 1. The van der Waals surface area contributed by atoms with Gasteiger partial charge in [0, 0.05) is 25.4 Å². The summed E-state index contributed by atoms with van der Waals surface area (Å²) in [4.78, 5) is 13.6. The van der Waals surface area contributed by atoms with Crippen LogP contribution in [0.2, 0.25) is 0 Å². The third kappa shape index (κ3) is 3.91. The molecule has 122 valence electrons. The Morgan fingerprint density at radius 2 is 2.00 bits per heavy atom. The van der Waals surface area contributed by atoms with Crippen LogP contribution in [0.1, 0.15) is 24.0 Å². The number of aliphatic hydroxyl groups excluding tert-OH is 1. The zero-order valence-electron chi connectivity index (χ0n) is 12.3. The average molecular weight is 316 g/mol. The third-order valence-electron chi connectivity index (χ3n) is 3.95. The molecule has 1 aliphatic heterocycles. The maximum Gasteiger partial charge on any atom is 0.416 e. The Bertz CT molecular complexity index is 538. The summed E-state index contributed by atoms with van der Waals surface area (Å²) in [5.74, 6) is 0.195. The molecule has 2 N–H and O–H groups in total. The zero-order valence-corrected chi connectivity index (χ0v) is 12.3. The normalized spacial score (nSPS) is 16.7. The van der Waals surface area contributed by atoms with Crippen molar-refractivity contribution >= 4 is 11.7 Å². The fourth-order valence-electron chi connectivity index (χ4n) is 2.53. The number of halogens is 3. The highest BCUT2D eigenvalue weighted by molar-refractivity contribution is 5.89. The Morgan fingerprint density at radius 3 is 2.55 bits per heavy atom. The van der Waals surface area contributed by atoms with E-state index in [0.29, 0.717) is 25.9 Å². The Kier molecular flexibility index (Phi) is 4.95. The fourth-order valence-corrected chi connectivity index (χ4v) is 2.53. The van der Waals surface area contributed by atoms with Gasteiger partial charge < -0.3 is 15.3 Å². The molecule has 1 aliphatic rings. The van der Waals surface area contributed by atoms with Crippen molar-refractivity contribution < 1.29 is 23.1 Å². The predicted molar refractivity (Wildman–Crippen MR) is 76.6 cm³/mol. The lowest BCUT2D eigenvalue weighted by atomic mass is 9.98. The third-order valence-corrected chi connectivity index (χ3v) is 3.95. The number of amides is 2. The molecule has 0 aromatic heterocycles. The molecule has 0 aliphatic carbocycles. The van der Waals surface area contributed by atoms with Crippen molar-refractivity contribution in [2.24, 2.45) is 5.92 Å². The van der Waals surface area contributed by atoms with Gasteiger partial charge in [-0.3, -0.25) is 0 Å². The Labute approximate surface area is 126 Å². The van der Waals surface area contributed by atoms with Gasteiger partial charge in [0.15, 0.2) is 0 Å². The minimum absolute atomic E-state index is 0.0996. The van der Waals surface area contributed by atoms with Crippen molar-refractivity contribution in [1.29, 1.82) is 0 Å². The highest BCUT2D eigenvalue weighted by Crippen LogP contribution is 2.33. The highest BCUT2D eigenvalue weighted by Gasteiger charge is 2.32. The fraction of sp³-hybridized carbons (Fsp3) is 0.533. The van der Waals surface area contributed by atoms with Crippen LogP contribution in [0.3, 0.4) is 0 Å². The van der Waals surface area contributed by atoms with Gasteiger partial charge >= 0.3 is 12.2 Å². The molecule has 0 atom stereocenters. The summed E-state index contributed by atoms with van der Waals surface area (Å²) in [5.41, 5.74) is -0.495. The van der Waals surface area contributed by atoms with Crippen LogP contribution in [0.4, 0.5) is 23.7 Å². The molecule has 0 saturated carbocycles. The lowest BCUT2D eigenvalue weighted by molar-refractivity contribution is -0.138. The average Bonchev–Trinajstić information content (AvgIpc) is 2.48. The molecular weight excluding hydrogens is 297 g/mol. The number of anilines is 1. The number of alkyl halides is 3. The molecule has 0 bridgehead atoms. The molecule has 2 amide bonds. The molecule has 1 aromatic rings. The molecule has 22 heavy (non-hydrogen) atoms. The van der Waals surface area contributed by atoms with E-state index in [2.05, 4.69) is 5.32 Å². The summed E-state index contributed by atoms with van der Waals surface area (Å²) in [6, 6.07) is 3.35. The number of nitrogens with zero attached hydrogens (tertiary/aromatic N) is 1. The van der Waals surface area contributed by atoms with Crippen molar-refractivity contribution in [2.75, 3.05) is 25.0 Å². The summed E-state index contributed by atoms with van der Waals surface area (Å²) in [5, 5.41) is 11.6. The first-order chi connectivity index (χ1) is 10.3. The molecule has 2 rings (SSSR count). The minimum Gasteiger partial charge on any atom is -0.396 e. The van der Waals surface area contributed by atoms with E-state index < -0.39 is 17.8 Å². The van der Waals surface area contributed by atoms with E-state index in [4.69, 9.17) is 5.11 Å². The van der Waals surface area contributed by atoms with Gasteiger partial charge in [0.25, 0.3) is 0 Å². The Hall–Kier alpha value is -1.76. The number of benzene rings is 1. The maximum absolute atomic E-state index is 12.9. The molecule has 4 nitrogen and oxygen atoms in total. The number of aryl methyl sites for hydroxylation is 1. The SMILES string of the molecule is Cc1ccc(NC(=O)N2CCC(CO)CC2)cc1C(F)(F)F. The van der Waals surface area contributed by atoms with Crippen LogP contribution in [-0.2, 0) is 6.18 Å². The van der Waals surface area contributed by atoms with Crippen molar-refractivity contribution in [3.8, 4) is 0 Å². The van der Waals surface area contributed by atoms with Gasteiger partial charge in [0.1, 0.15) is 0 Å². The second-order valence-electron chi connectivity index (χ2n) is 5.57. The molecule has 1 fully saturated rings. The first-order valence-electron chi connectivity index (χ1n) is 7.16. The molecule has 0 spiro atoms. The molecular formula is C15H19F3N2O2. The van der Waals surface area contributed by atoms with E-state index in [1.165, 1.54) is 19.1 Å². The van der Waals surface area contributed by atoms with Crippen molar-refractivity contribution in [1.82, 2.24) is 4.90 Å². The zero-order chi connectivity index (χ0) is 16.3. The number of rotatable bonds is 2. The second-order valence-corrected chi connectivity index (χ2v) is 5.57. The number of carbonyl (C=O) groups is 1. The van der Waals surface area contributed by atoms with Gasteiger partial charge in [0.05, 0.1) is 5.56 Å². The molecule has 1 saturated heterocycles. The summed E-state index contributed by atoms with van der Waals surface area (Å²) in [6.45, 7) is 2.47. The van der Waals surface area contributed by atoms with Crippen LogP contribution >= 0.6 is 0 Å². The van der Waals surface area contributed by atoms with Crippen molar-refractivity contribution in [3.05, 3.63) is 29.3 Å². The second kappa shape index (κ2) is 6.56. The summed E-state index contributed by atoms with van der Waals surface area (Å²) in [6.07, 6.45) is -3.04. The monoisotopic (exact) mass is 316 g/mol. The summed E-state index contributed by atoms with van der Waals surface area (Å²) < 4.78 is 38.6. The largest absolute Gasteiger partial charge is 0.416 e.